The van der Waals surface area contributed by atoms with Crippen molar-refractivity contribution in [2.24, 2.45) is 0 Å². The van der Waals surface area contributed by atoms with Gasteiger partial charge in [-0.3, -0.25) is 0 Å². The van der Waals surface area contributed by atoms with Gasteiger partial charge in [0.25, 0.3) is 0 Å². The number of halogens is 1. The molecule has 0 radical (unpaired) electrons. The van der Waals surface area contributed by atoms with Gasteiger partial charge in [0.05, 0.1) is 11.1 Å². The summed E-state index contributed by atoms with van der Waals surface area (Å²) in [5.74, 6) is 0.785. The second-order valence-electron chi connectivity index (χ2n) is 4.26. The van der Waals surface area contributed by atoms with Gasteiger partial charge >= 0.3 is 0 Å². The van der Waals surface area contributed by atoms with Crippen molar-refractivity contribution in [2.45, 2.75) is 46.3 Å². The highest BCUT2D eigenvalue weighted by atomic mass is 35.5. The van der Waals surface area contributed by atoms with Gasteiger partial charge < -0.3 is 10.1 Å². The number of nitrogens with one attached hydrogen (secondary N) is 1. The first-order chi connectivity index (χ1) is 8.17. The summed E-state index contributed by atoms with van der Waals surface area (Å²) >= 11 is 6.20. The van der Waals surface area contributed by atoms with Gasteiger partial charge in [-0.05, 0) is 37.6 Å². The molecule has 0 fully saturated rings. The Hall–Kier alpha value is -0.730. The van der Waals surface area contributed by atoms with Gasteiger partial charge in [0.1, 0.15) is 5.75 Å². The molecule has 1 aromatic rings. The van der Waals surface area contributed by atoms with E-state index in [4.69, 9.17) is 16.3 Å². The second-order valence-corrected chi connectivity index (χ2v) is 4.67. The summed E-state index contributed by atoms with van der Waals surface area (Å²) in [6.07, 6.45) is 2.39. The highest BCUT2D eigenvalue weighted by Gasteiger charge is 2.07. The number of hydrogen-bond donors (Lipinski definition) is 1. The molecule has 1 N–H and O–H groups in total. The van der Waals surface area contributed by atoms with Crippen LogP contribution >= 0.6 is 11.6 Å². The monoisotopic (exact) mass is 255 g/mol. The SMILES string of the molecule is CCCC(C)Oc1ccc(CNCC)cc1Cl. The molecule has 0 aliphatic heterocycles. The average Bonchev–Trinajstić information content (AvgIpc) is 2.30. The van der Waals surface area contributed by atoms with Crippen LogP contribution < -0.4 is 10.1 Å². The van der Waals surface area contributed by atoms with Gasteiger partial charge in [-0.1, -0.05) is 37.9 Å². The Morgan fingerprint density at radius 2 is 2.12 bits per heavy atom. The summed E-state index contributed by atoms with van der Waals surface area (Å²) in [5.41, 5.74) is 1.19. The fraction of sp³-hybridized carbons (Fsp3) is 0.571. The van der Waals surface area contributed by atoms with Crippen LogP contribution in [0.1, 0.15) is 39.2 Å². The molecular weight excluding hydrogens is 234 g/mol. The molecule has 0 aliphatic carbocycles. The zero-order valence-corrected chi connectivity index (χ0v) is 11.7. The van der Waals surface area contributed by atoms with E-state index in [2.05, 4.69) is 32.2 Å². The minimum absolute atomic E-state index is 0.220. The van der Waals surface area contributed by atoms with Crippen molar-refractivity contribution >= 4 is 11.6 Å². The summed E-state index contributed by atoms with van der Waals surface area (Å²) in [6, 6.07) is 5.99. The third kappa shape index (κ3) is 4.97. The molecule has 0 amide bonds. The van der Waals surface area contributed by atoms with Crippen molar-refractivity contribution in [1.29, 1.82) is 0 Å². The van der Waals surface area contributed by atoms with Crippen molar-refractivity contribution in [3.05, 3.63) is 28.8 Å². The zero-order chi connectivity index (χ0) is 12.7. The maximum Gasteiger partial charge on any atom is 0.138 e. The normalized spacial score (nSPS) is 12.5. The Labute approximate surface area is 109 Å². The first kappa shape index (κ1) is 14.3. The van der Waals surface area contributed by atoms with E-state index in [0.717, 1.165) is 31.7 Å². The predicted octanol–water partition coefficient (Wildman–Crippen LogP) is 4.02. The summed E-state index contributed by atoms with van der Waals surface area (Å²) in [5, 5.41) is 3.97. The van der Waals surface area contributed by atoms with Gasteiger partial charge in [0.15, 0.2) is 0 Å². The summed E-state index contributed by atoms with van der Waals surface area (Å²) in [7, 11) is 0. The Bertz CT molecular complexity index is 341. The lowest BCUT2D eigenvalue weighted by molar-refractivity contribution is 0.210. The lowest BCUT2D eigenvalue weighted by atomic mass is 10.2. The summed E-state index contributed by atoms with van der Waals surface area (Å²) in [6.45, 7) is 8.13. The third-order valence-electron chi connectivity index (χ3n) is 2.60. The average molecular weight is 256 g/mol. The van der Waals surface area contributed by atoms with E-state index in [1.165, 1.54) is 5.56 Å². The highest BCUT2D eigenvalue weighted by Crippen LogP contribution is 2.27. The first-order valence-electron chi connectivity index (χ1n) is 6.33. The fourth-order valence-corrected chi connectivity index (χ4v) is 1.95. The Balaban J connectivity index is 2.62. The van der Waals surface area contributed by atoms with Crippen LogP contribution in [0.5, 0.6) is 5.75 Å². The maximum atomic E-state index is 6.20. The molecule has 0 bridgehead atoms. The van der Waals surface area contributed by atoms with Crippen LogP contribution in [0.4, 0.5) is 0 Å². The molecule has 0 heterocycles. The molecular formula is C14H22ClNO. The van der Waals surface area contributed by atoms with Crippen LogP contribution in [-0.2, 0) is 6.54 Å². The van der Waals surface area contributed by atoms with Crippen LogP contribution in [0, 0.1) is 0 Å². The first-order valence-corrected chi connectivity index (χ1v) is 6.71. The Kier molecular flexibility index (Phi) is 6.38. The van der Waals surface area contributed by atoms with Crippen molar-refractivity contribution in [1.82, 2.24) is 5.32 Å². The van der Waals surface area contributed by atoms with E-state index in [0.29, 0.717) is 5.02 Å². The van der Waals surface area contributed by atoms with E-state index in [1.807, 2.05) is 12.1 Å². The largest absolute Gasteiger partial charge is 0.489 e. The van der Waals surface area contributed by atoms with E-state index in [1.54, 1.807) is 0 Å². The molecule has 96 valence electrons. The van der Waals surface area contributed by atoms with Gasteiger partial charge in [-0.25, -0.2) is 0 Å². The number of benzene rings is 1. The van der Waals surface area contributed by atoms with E-state index < -0.39 is 0 Å². The minimum atomic E-state index is 0.220. The molecule has 1 atom stereocenters. The van der Waals surface area contributed by atoms with Crippen molar-refractivity contribution in [2.75, 3.05) is 6.54 Å². The van der Waals surface area contributed by atoms with E-state index in [9.17, 15) is 0 Å². The standard InChI is InChI=1S/C14H22ClNO/c1-4-6-11(3)17-14-8-7-12(9-13(14)15)10-16-5-2/h7-9,11,16H,4-6,10H2,1-3H3. The van der Waals surface area contributed by atoms with Crippen LogP contribution in [0.3, 0.4) is 0 Å². The molecule has 0 saturated carbocycles. The van der Waals surface area contributed by atoms with E-state index in [-0.39, 0.29) is 6.10 Å². The predicted molar refractivity (Wildman–Crippen MR) is 73.8 cm³/mol. The minimum Gasteiger partial charge on any atom is -0.489 e. The van der Waals surface area contributed by atoms with Crippen LogP contribution in [-0.4, -0.2) is 12.6 Å². The third-order valence-corrected chi connectivity index (χ3v) is 2.89. The second kappa shape index (κ2) is 7.57. The topological polar surface area (TPSA) is 21.3 Å². The molecule has 1 unspecified atom stereocenters. The zero-order valence-electron chi connectivity index (χ0n) is 10.9. The van der Waals surface area contributed by atoms with Gasteiger partial charge in [0, 0.05) is 6.54 Å². The van der Waals surface area contributed by atoms with Crippen molar-refractivity contribution < 1.29 is 4.74 Å². The Morgan fingerprint density at radius 1 is 1.35 bits per heavy atom. The van der Waals surface area contributed by atoms with Gasteiger partial charge in [-0.2, -0.15) is 0 Å². The Morgan fingerprint density at radius 3 is 2.71 bits per heavy atom. The maximum absolute atomic E-state index is 6.20. The summed E-state index contributed by atoms with van der Waals surface area (Å²) < 4.78 is 5.79. The molecule has 0 aliphatic rings. The van der Waals surface area contributed by atoms with Crippen molar-refractivity contribution in [3.8, 4) is 5.75 Å². The lowest BCUT2D eigenvalue weighted by Crippen LogP contribution is -2.13. The molecule has 17 heavy (non-hydrogen) atoms. The number of ether oxygens (including phenoxy) is 1. The van der Waals surface area contributed by atoms with Crippen LogP contribution in [0.2, 0.25) is 5.02 Å². The fourth-order valence-electron chi connectivity index (χ4n) is 1.70. The molecule has 3 heteroatoms. The molecule has 1 rings (SSSR count). The van der Waals surface area contributed by atoms with Crippen LogP contribution in [0.15, 0.2) is 18.2 Å². The molecule has 0 saturated heterocycles. The quantitative estimate of drug-likeness (QED) is 0.795. The molecule has 1 aromatic carbocycles. The number of hydrogen-bond acceptors (Lipinski definition) is 2. The van der Waals surface area contributed by atoms with Crippen molar-refractivity contribution in [3.63, 3.8) is 0 Å². The highest BCUT2D eigenvalue weighted by molar-refractivity contribution is 6.32. The smallest absolute Gasteiger partial charge is 0.138 e. The van der Waals surface area contributed by atoms with Gasteiger partial charge in [0.2, 0.25) is 0 Å². The van der Waals surface area contributed by atoms with Gasteiger partial charge in [-0.15, -0.1) is 0 Å². The molecule has 2 nitrogen and oxygen atoms in total. The van der Waals surface area contributed by atoms with E-state index >= 15 is 0 Å². The number of rotatable bonds is 7. The lowest BCUT2D eigenvalue weighted by Gasteiger charge is -2.15. The molecule has 0 spiro atoms. The molecule has 0 aromatic heterocycles. The summed E-state index contributed by atoms with van der Waals surface area (Å²) in [4.78, 5) is 0. The van der Waals surface area contributed by atoms with Crippen LogP contribution in [0.25, 0.3) is 0 Å².